The molecule has 2 heteroatoms. The second-order valence-electron chi connectivity index (χ2n) is 6.83. The summed E-state index contributed by atoms with van der Waals surface area (Å²) in [6.45, 7) is 2.50. The normalized spacial score (nSPS) is 17.0. The van der Waals surface area contributed by atoms with E-state index in [1.165, 1.54) is 48.9 Å². The van der Waals surface area contributed by atoms with Crippen molar-refractivity contribution in [1.29, 1.82) is 0 Å². The molecule has 122 valence electrons. The van der Waals surface area contributed by atoms with Crippen LogP contribution in [0.5, 0.6) is 0 Å². The summed E-state index contributed by atoms with van der Waals surface area (Å²) in [5.41, 5.74) is 5.03. The zero-order valence-corrected chi connectivity index (χ0v) is 15.5. The van der Waals surface area contributed by atoms with E-state index in [9.17, 15) is 0 Å². The fraction of sp³-hybridized carbons (Fsp3) is 0.429. The monoisotopic (exact) mass is 325 g/mol. The molecule has 2 aromatic carbocycles. The smallest absolute Gasteiger partial charge is 0.0440 e. The molecule has 1 aliphatic rings. The lowest BCUT2D eigenvalue weighted by Crippen LogP contribution is -2.18. The van der Waals surface area contributed by atoms with Gasteiger partial charge >= 0.3 is 0 Å². The van der Waals surface area contributed by atoms with Gasteiger partial charge < -0.3 is 4.90 Å². The molecule has 2 aromatic rings. The highest BCUT2D eigenvalue weighted by molar-refractivity contribution is 7.65. The third kappa shape index (κ3) is 3.61. The number of anilines is 1. The van der Waals surface area contributed by atoms with Gasteiger partial charge in [-0.25, -0.2) is 0 Å². The third-order valence-corrected chi connectivity index (χ3v) is 7.84. The fourth-order valence-corrected chi connectivity index (χ4v) is 6.19. The Morgan fingerprint density at radius 2 is 1.43 bits per heavy atom. The first kappa shape index (κ1) is 16.5. The molecule has 0 amide bonds. The van der Waals surface area contributed by atoms with Gasteiger partial charge in [-0.3, -0.25) is 0 Å². The van der Waals surface area contributed by atoms with E-state index in [-0.39, 0.29) is 7.92 Å². The van der Waals surface area contributed by atoms with Crippen LogP contribution >= 0.6 is 7.92 Å². The Morgan fingerprint density at radius 3 is 2.13 bits per heavy atom. The Labute approximate surface area is 142 Å². The summed E-state index contributed by atoms with van der Waals surface area (Å²) >= 11 is 0. The van der Waals surface area contributed by atoms with E-state index in [1.807, 2.05) is 0 Å². The van der Waals surface area contributed by atoms with Crippen LogP contribution in [0, 0.1) is 0 Å². The van der Waals surface area contributed by atoms with Crippen molar-refractivity contribution in [3.8, 4) is 11.1 Å². The van der Waals surface area contributed by atoms with Gasteiger partial charge in [-0.1, -0.05) is 69.6 Å². The van der Waals surface area contributed by atoms with Gasteiger partial charge in [-0.2, -0.15) is 0 Å². The maximum absolute atomic E-state index is 2.50. The molecule has 0 saturated heterocycles. The third-order valence-electron chi connectivity index (χ3n) is 5.08. The maximum atomic E-state index is 2.50. The van der Waals surface area contributed by atoms with Gasteiger partial charge in [0.25, 0.3) is 0 Å². The van der Waals surface area contributed by atoms with Gasteiger partial charge in [0, 0.05) is 25.3 Å². The van der Waals surface area contributed by atoms with E-state index < -0.39 is 0 Å². The predicted molar refractivity (Wildman–Crippen MR) is 106 cm³/mol. The predicted octanol–water partition coefficient (Wildman–Crippen LogP) is 5.49. The number of rotatable bonds is 4. The zero-order chi connectivity index (χ0) is 16.2. The molecule has 1 unspecified atom stereocenters. The average molecular weight is 325 g/mol. The molecule has 0 spiro atoms. The first-order valence-electron chi connectivity index (χ1n) is 8.77. The minimum absolute atomic E-state index is 0.0884. The zero-order valence-electron chi connectivity index (χ0n) is 14.6. The summed E-state index contributed by atoms with van der Waals surface area (Å²) < 4.78 is 0. The summed E-state index contributed by atoms with van der Waals surface area (Å²) in [5, 5.41) is 1.59. The lowest BCUT2D eigenvalue weighted by atomic mass is 10.0. The van der Waals surface area contributed by atoms with E-state index >= 15 is 0 Å². The van der Waals surface area contributed by atoms with Crippen LogP contribution in [0.15, 0.2) is 48.5 Å². The first-order chi connectivity index (χ1) is 11.2. The van der Waals surface area contributed by atoms with Gasteiger partial charge in [0.15, 0.2) is 0 Å². The van der Waals surface area contributed by atoms with Crippen molar-refractivity contribution < 1.29 is 0 Å². The van der Waals surface area contributed by atoms with Gasteiger partial charge in [-0.15, -0.1) is 0 Å². The Hall–Kier alpha value is -1.33. The molecule has 1 atom stereocenters. The highest BCUT2D eigenvalue weighted by Crippen LogP contribution is 2.46. The van der Waals surface area contributed by atoms with E-state index in [2.05, 4.69) is 74.2 Å². The van der Waals surface area contributed by atoms with Gasteiger partial charge in [-0.05, 0) is 42.1 Å². The molecule has 0 radical (unpaired) electrons. The summed E-state index contributed by atoms with van der Waals surface area (Å²) in [6, 6.07) is 17.9. The van der Waals surface area contributed by atoms with E-state index in [0.29, 0.717) is 0 Å². The molecule has 1 aliphatic carbocycles. The van der Waals surface area contributed by atoms with Gasteiger partial charge in [0.1, 0.15) is 0 Å². The van der Waals surface area contributed by atoms with Crippen LogP contribution in [0.1, 0.15) is 32.1 Å². The minimum Gasteiger partial charge on any atom is -0.377 e. The molecule has 0 aliphatic heterocycles. The molecule has 0 aromatic heterocycles. The average Bonchev–Trinajstić information content (AvgIpc) is 2.62. The molecule has 0 heterocycles. The minimum atomic E-state index is -0.0884. The van der Waals surface area contributed by atoms with Crippen molar-refractivity contribution in [2.45, 2.75) is 37.8 Å². The van der Waals surface area contributed by atoms with Crippen molar-refractivity contribution in [2.75, 3.05) is 25.7 Å². The molecule has 0 N–H and O–H groups in total. The number of nitrogens with zero attached hydrogens (tertiary/aromatic N) is 1. The highest BCUT2D eigenvalue weighted by atomic mass is 31.1. The Balaban J connectivity index is 2.01. The summed E-state index contributed by atoms with van der Waals surface area (Å²) in [6.07, 6.45) is 7.13. The van der Waals surface area contributed by atoms with Crippen molar-refractivity contribution in [3.63, 3.8) is 0 Å². The molecular weight excluding hydrogens is 297 g/mol. The van der Waals surface area contributed by atoms with E-state index in [0.717, 1.165) is 5.66 Å². The van der Waals surface area contributed by atoms with Crippen LogP contribution in [0.4, 0.5) is 5.69 Å². The van der Waals surface area contributed by atoms with Crippen LogP contribution in [0.25, 0.3) is 11.1 Å². The topological polar surface area (TPSA) is 3.24 Å². The summed E-state index contributed by atoms with van der Waals surface area (Å²) in [7, 11) is 4.18. The molecule has 3 rings (SSSR count). The second kappa shape index (κ2) is 7.49. The number of hydrogen-bond acceptors (Lipinski definition) is 1. The molecule has 0 bridgehead atoms. The van der Waals surface area contributed by atoms with Crippen LogP contribution in [-0.2, 0) is 0 Å². The standard InChI is InChI=1S/C21H28NP/c1-22(2)20-15-9-7-13-18(20)19-14-8-10-16-21(19)23(3)17-11-5-4-6-12-17/h7-10,13-17H,4-6,11-12H2,1-3H3. The van der Waals surface area contributed by atoms with Crippen molar-refractivity contribution in [2.24, 2.45) is 0 Å². The molecule has 1 saturated carbocycles. The highest BCUT2D eigenvalue weighted by Gasteiger charge is 2.23. The Morgan fingerprint density at radius 1 is 0.826 bits per heavy atom. The second-order valence-corrected chi connectivity index (χ2v) is 9.27. The number of hydrogen-bond donors (Lipinski definition) is 0. The lowest BCUT2D eigenvalue weighted by molar-refractivity contribution is 0.512. The van der Waals surface area contributed by atoms with E-state index in [1.54, 1.807) is 5.30 Å². The van der Waals surface area contributed by atoms with E-state index in [4.69, 9.17) is 0 Å². The Bertz CT molecular complexity index is 644. The maximum Gasteiger partial charge on any atom is 0.0440 e. The largest absolute Gasteiger partial charge is 0.377 e. The fourth-order valence-electron chi connectivity index (χ4n) is 3.77. The van der Waals surface area contributed by atoms with Crippen LogP contribution in [0.3, 0.4) is 0 Å². The number of benzene rings is 2. The van der Waals surface area contributed by atoms with Crippen LogP contribution in [-0.4, -0.2) is 26.4 Å². The van der Waals surface area contributed by atoms with Crippen molar-refractivity contribution in [1.82, 2.24) is 0 Å². The quantitative estimate of drug-likeness (QED) is 0.672. The molecule has 23 heavy (non-hydrogen) atoms. The van der Waals surface area contributed by atoms with Crippen molar-refractivity contribution in [3.05, 3.63) is 48.5 Å². The van der Waals surface area contributed by atoms with Crippen LogP contribution in [0.2, 0.25) is 0 Å². The van der Waals surface area contributed by atoms with Crippen molar-refractivity contribution >= 4 is 18.9 Å². The van der Waals surface area contributed by atoms with Gasteiger partial charge in [0.05, 0.1) is 0 Å². The van der Waals surface area contributed by atoms with Gasteiger partial charge in [0.2, 0.25) is 0 Å². The number of para-hydroxylation sites is 1. The molecule has 1 fully saturated rings. The Kier molecular flexibility index (Phi) is 5.38. The first-order valence-corrected chi connectivity index (χ1v) is 10.6. The summed E-state index contributed by atoms with van der Waals surface area (Å²) in [4.78, 5) is 2.23. The van der Waals surface area contributed by atoms with Crippen LogP contribution < -0.4 is 10.2 Å². The summed E-state index contributed by atoms with van der Waals surface area (Å²) in [5.74, 6) is 0. The molecule has 1 nitrogen and oxygen atoms in total. The lowest BCUT2D eigenvalue weighted by Gasteiger charge is -2.30. The molecular formula is C21H28NP. The SMILES string of the molecule is CN(C)c1ccccc1-c1ccccc1P(C)C1CCCCC1.